The number of halogens is 3. The Morgan fingerprint density at radius 2 is 1.52 bits per heavy atom. The Hall–Kier alpha value is -2.99. The minimum atomic E-state index is -0.780. The van der Waals surface area contributed by atoms with Crippen LogP contribution in [0.3, 0.4) is 0 Å². The molecular formula is C23H22F3NO2. The summed E-state index contributed by atoms with van der Waals surface area (Å²) in [5, 5.41) is 0. The molecule has 0 atom stereocenters. The van der Waals surface area contributed by atoms with Crippen LogP contribution in [0.5, 0.6) is 11.5 Å². The summed E-state index contributed by atoms with van der Waals surface area (Å²) in [7, 11) is 2.77. The van der Waals surface area contributed by atoms with Crippen molar-refractivity contribution in [2.24, 2.45) is 5.73 Å². The van der Waals surface area contributed by atoms with Gasteiger partial charge in [-0.2, -0.15) is 0 Å². The Bertz CT molecular complexity index is 1080. The first-order valence-electron chi connectivity index (χ1n) is 9.03. The molecule has 6 heteroatoms. The molecule has 0 heterocycles. The number of methoxy groups -OCH3 is 2. The highest BCUT2D eigenvalue weighted by Gasteiger charge is 2.22. The third-order valence-corrected chi connectivity index (χ3v) is 5.06. The monoisotopic (exact) mass is 401 g/mol. The van der Waals surface area contributed by atoms with Crippen LogP contribution in [0.4, 0.5) is 13.2 Å². The Balaban J connectivity index is 2.26. The maximum atomic E-state index is 14.9. The Morgan fingerprint density at radius 1 is 0.862 bits per heavy atom. The van der Waals surface area contributed by atoms with E-state index in [1.807, 2.05) is 0 Å². The van der Waals surface area contributed by atoms with Crippen molar-refractivity contribution in [3.05, 3.63) is 70.5 Å². The molecule has 2 N–H and O–H groups in total. The van der Waals surface area contributed by atoms with Gasteiger partial charge in [0.1, 0.15) is 17.4 Å². The van der Waals surface area contributed by atoms with E-state index in [0.29, 0.717) is 28.0 Å². The van der Waals surface area contributed by atoms with Crippen molar-refractivity contribution < 1.29 is 22.6 Å². The van der Waals surface area contributed by atoms with Gasteiger partial charge in [-0.05, 0) is 59.9 Å². The minimum Gasteiger partial charge on any atom is -0.496 e. The van der Waals surface area contributed by atoms with Gasteiger partial charge in [-0.15, -0.1) is 0 Å². The van der Waals surface area contributed by atoms with Crippen molar-refractivity contribution in [1.29, 1.82) is 0 Å². The van der Waals surface area contributed by atoms with Crippen LogP contribution < -0.4 is 15.2 Å². The fraction of sp³-hybridized carbons (Fsp3) is 0.217. The normalized spacial score (nSPS) is 10.9. The number of hydrogen-bond acceptors (Lipinski definition) is 3. The molecule has 0 saturated heterocycles. The zero-order valence-corrected chi connectivity index (χ0v) is 16.7. The van der Waals surface area contributed by atoms with Gasteiger partial charge in [0.25, 0.3) is 0 Å². The molecule has 0 aromatic heterocycles. The summed E-state index contributed by atoms with van der Waals surface area (Å²) in [6.45, 7) is 3.28. The van der Waals surface area contributed by atoms with E-state index in [1.54, 1.807) is 38.1 Å². The topological polar surface area (TPSA) is 44.5 Å². The SMILES string of the molecule is COc1cc(C)c(F)c(-c2cccc(-c3cc(F)c(CN)c(OC)c3)c2C)c1F. The van der Waals surface area contributed by atoms with E-state index in [9.17, 15) is 13.2 Å². The van der Waals surface area contributed by atoms with Crippen molar-refractivity contribution in [2.75, 3.05) is 14.2 Å². The summed E-state index contributed by atoms with van der Waals surface area (Å²) in [5.74, 6) is -1.66. The number of benzene rings is 3. The summed E-state index contributed by atoms with van der Waals surface area (Å²) >= 11 is 0. The van der Waals surface area contributed by atoms with E-state index in [1.165, 1.54) is 26.4 Å². The lowest BCUT2D eigenvalue weighted by atomic mass is 9.90. The molecule has 152 valence electrons. The molecule has 0 radical (unpaired) electrons. The molecule has 0 fully saturated rings. The van der Waals surface area contributed by atoms with Crippen LogP contribution in [0, 0.1) is 31.3 Å². The number of aryl methyl sites for hydroxylation is 1. The van der Waals surface area contributed by atoms with Crippen molar-refractivity contribution in [2.45, 2.75) is 20.4 Å². The van der Waals surface area contributed by atoms with Crippen LogP contribution >= 0.6 is 0 Å². The van der Waals surface area contributed by atoms with E-state index in [0.717, 1.165) is 0 Å². The summed E-state index contributed by atoms with van der Waals surface area (Å²) in [6, 6.07) is 9.39. The molecule has 0 spiro atoms. The van der Waals surface area contributed by atoms with Crippen molar-refractivity contribution in [1.82, 2.24) is 0 Å². The average Bonchev–Trinajstić information content (AvgIpc) is 2.71. The fourth-order valence-corrected chi connectivity index (χ4v) is 3.49. The van der Waals surface area contributed by atoms with Gasteiger partial charge in [-0.3, -0.25) is 0 Å². The predicted molar refractivity (Wildman–Crippen MR) is 108 cm³/mol. The van der Waals surface area contributed by atoms with Gasteiger partial charge in [0.15, 0.2) is 11.6 Å². The lowest BCUT2D eigenvalue weighted by Gasteiger charge is -2.17. The lowest BCUT2D eigenvalue weighted by molar-refractivity contribution is 0.384. The van der Waals surface area contributed by atoms with Gasteiger partial charge in [0.2, 0.25) is 0 Å². The van der Waals surface area contributed by atoms with E-state index in [2.05, 4.69) is 0 Å². The van der Waals surface area contributed by atoms with E-state index < -0.39 is 17.5 Å². The molecule has 3 aromatic rings. The quantitative estimate of drug-likeness (QED) is 0.611. The van der Waals surface area contributed by atoms with Gasteiger partial charge in [0.05, 0.1) is 19.8 Å². The predicted octanol–water partition coefficient (Wildman–Crippen LogP) is 5.53. The maximum absolute atomic E-state index is 14.9. The van der Waals surface area contributed by atoms with E-state index in [4.69, 9.17) is 15.2 Å². The molecule has 0 aliphatic rings. The highest BCUT2D eigenvalue weighted by molar-refractivity contribution is 5.80. The summed E-state index contributed by atoms with van der Waals surface area (Å²) in [4.78, 5) is 0. The first-order chi connectivity index (χ1) is 13.8. The molecule has 3 rings (SSSR count). The molecule has 3 nitrogen and oxygen atoms in total. The number of nitrogens with two attached hydrogens (primary N) is 1. The van der Waals surface area contributed by atoms with Crippen LogP contribution in [0.2, 0.25) is 0 Å². The first kappa shape index (κ1) is 20.7. The molecule has 0 unspecified atom stereocenters. The van der Waals surface area contributed by atoms with Gasteiger partial charge in [-0.25, -0.2) is 13.2 Å². The van der Waals surface area contributed by atoms with E-state index in [-0.39, 0.29) is 29.0 Å². The molecule has 29 heavy (non-hydrogen) atoms. The smallest absolute Gasteiger partial charge is 0.175 e. The lowest BCUT2D eigenvalue weighted by Crippen LogP contribution is -2.04. The molecule has 0 bridgehead atoms. The van der Waals surface area contributed by atoms with Crippen molar-refractivity contribution >= 4 is 0 Å². The molecular weight excluding hydrogens is 379 g/mol. The molecule has 3 aromatic carbocycles. The standard InChI is InChI=1S/C23H22F3NO2/c1-12-8-20(29-4)23(26)21(22(12)25)16-7-5-6-15(13(16)2)14-9-18(24)17(11-27)19(10-14)28-3/h5-10H,11,27H2,1-4H3. The highest BCUT2D eigenvalue weighted by atomic mass is 19.1. The largest absolute Gasteiger partial charge is 0.496 e. The second-order valence-electron chi connectivity index (χ2n) is 6.72. The third kappa shape index (κ3) is 3.56. The van der Waals surface area contributed by atoms with Crippen LogP contribution in [-0.4, -0.2) is 14.2 Å². The number of rotatable bonds is 5. The Labute approximate surface area is 167 Å². The Morgan fingerprint density at radius 3 is 2.14 bits per heavy atom. The second-order valence-corrected chi connectivity index (χ2v) is 6.72. The third-order valence-electron chi connectivity index (χ3n) is 5.06. The van der Waals surface area contributed by atoms with Crippen LogP contribution in [0.25, 0.3) is 22.3 Å². The molecule has 0 aliphatic heterocycles. The average molecular weight is 401 g/mol. The second kappa shape index (κ2) is 8.17. The molecule has 0 amide bonds. The molecule has 0 saturated carbocycles. The van der Waals surface area contributed by atoms with Crippen LogP contribution in [-0.2, 0) is 6.54 Å². The molecule has 0 aliphatic carbocycles. The zero-order valence-electron chi connectivity index (χ0n) is 16.7. The van der Waals surface area contributed by atoms with Crippen molar-refractivity contribution in [3.63, 3.8) is 0 Å². The van der Waals surface area contributed by atoms with Crippen molar-refractivity contribution in [3.8, 4) is 33.8 Å². The fourth-order valence-electron chi connectivity index (χ4n) is 3.49. The number of hydrogen-bond donors (Lipinski definition) is 1. The summed E-state index contributed by atoms with van der Waals surface area (Å²) in [6.07, 6.45) is 0. The zero-order chi connectivity index (χ0) is 21.3. The van der Waals surface area contributed by atoms with Crippen LogP contribution in [0.15, 0.2) is 36.4 Å². The minimum absolute atomic E-state index is 0.00613. The summed E-state index contributed by atoms with van der Waals surface area (Å²) < 4.78 is 54.6. The van der Waals surface area contributed by atoms with E-state index >= 15 is 0 Å². The summed E-state index contributed by atoms with van der Waals surface area (Å²) in [5.41, 5.74) is 8.08. The van der Waals surface area contributed by atoms with Gasteiger partial charge >= 0.3 is 0 Å². The maximum Gasteiger partial charge on any atom is 0.175 e. The van der Waals surface area contributed by atoms with Gasteiger partial charge in [0, 0.05) is 12.1 Å². The highest BCUT2D eigenvalue weighted by Crippen LogP contribution is 2.39. The van der Waals surface area contributed by atoms with Gasteiger partial charge < -0.3 is 15.2 Å². The number of ether oxygens (including phenoxy) is 2. The van der Waals surface area contributed by atoms with Crippen LogP contribution in [0.1, 0.15) is 16.7 Å². The first-order valence-corrected chi connectivity index (χ1v) is 9.03. The van der Waals surface area contributed by atoms with Gasteiger partial charge in [-0.1, -0.05) is 18.2 Å². The Kier molecular flexibility index (Phi) is 5.84.